The molecule has 30 heavy (non-hydrogen) atoms. The van der Waals surface area contributed by atoms with E-state index in [2.05, 4.69) is 4.98 Å². The van der Waals surface area contributed by atoms with Gasteiger partial charge in [-0.05, 0) is 49.3 Å². The number of aromatic nitrogens is 2. The van der Waals surface area contributed by atoms with Gasteiger partial charge in [-0.1, -0.05) is 29.4 Å². The quantitative estimate of drug-likeness (QED) is 0.235. The lowest BCUT2D eigenvalue weighted by atomic mass is 9.91. The van der Waals surface area contributed by atoms with Crippen LogP contribution in [0.25, 0.3) is 11.3 Å². The zero-order valence-corrected chi connectivity index (χ0v) is 19.5. The van der Waals surface area contributed by atoms with E-state index < -0.39 is 0 Å². The minimum Gasteiger partial charge on any atom is -0.462 e. The molecule has 1 aliphatic carbocycles. The number of carbonyl (C=O) groups excluding carboxylic acids is 1. The third kappa shape index (κ3) is 4.10. The fourth-order valence-electron chi connectivity index (χ4n) is 3.35. The molecule has 0 fully saturated rings. The van der Waals surface area contributed by atoms with Gasteiger partial charge >= 0.3 is 5.97 Å². The first kappa shape index (κ1) is 21.6. The van der Waals surface area contributed by atoms with Gasteiger partial charge in [-0.2, -0.15) is 0 Å². The van der Waals surface area contributed by atoms with Gasteiger partial charge in [-0.3, -0.25) is 0 Å². The van der Waals surface area contributed by atoms with Crippen LogP contribution in [0.3, 0.4) is 0 Å². The Bertz CT molecular complexity index is 1100. The van der Waals surface area contributed by atoms with E-state index in [0.29, 0.717) is 33.0 Å². The molecule has 0 aliphatic heterocycles. The maximum absolute atomic E-state index is 14.1. The summed E-state index contributed by atoms with van der Waals surface area (Å²) >= 11 is 10.5. The monoisotopic (exact) mass is 480 g/mol. The average Bonchev–Trinajstić information content (AvgIpc) is 3.13. The predicted octanol–water partition coefficient (Wildman–Crippen LogP) is 6.29. The highest BCUT2D eigenvalue weighted by molar-refractivity contribution is 8.00. The van der Waals surface area contributed by atoms with Crippen molar-refractivity contribution in [1.29, 1.82) is 0 Å². The molecule has 1 aliphatic rings. The standard InChI is InChI=1S/C21H18ClFN2O2S3/c1-3-27-19(26)18-12-8-7-11-9-24-21(25-17(11)16(12)20(28-2)30-18)29-10-13-14(22)5-4-6-15(13)23/h4-6,9H,3,7-8,10H2,1-2H3. The van der Waals surface area contributed by atoms with Crippen LogP contribution in [-0.4, -0.2) is 28.8 Å². The fraction of sp³-hybridized carbons (Fsp3) is 0.286. The number of hydrogen-bond donors (Lipinski definition) is 0. The second kappa shape index (κ2) is 9.26. The SMILES string of the molecule is CCOC(=O)c1sc(SC)c2c1CCc1cnc(SCc3c(F)cccc3Cl)nc1-2. The minimum absolute atomic E-state index is 0.277. The molecule has 156 valence electrons. The molecule has 0 bridgehead atoms. The van der Waals surface area contributed by atoms with Gasteiger partial charge in [0.25, 0.3) is 0 Å². The number of thiophene rings is 1. The fourth-order valence-corrected chi connectivity index (χ4v) is 6.49. The van der Waals surface area contributed by atoms with Crippen molar-refractivity contribution in [1.82, 2.24) is 9.97 Å². The summed E-state index contributed by atoms with van der Waals surface area (Å²) in [4.78, 5) is 22.3. The third-order valence-corrected chi connectivity index (χ3v) is 8.33. The number of hydrogen-bond acceptors (Lipinski definition) is 7. The highest BCUT2D eigenvalue weighted by Crippen LogP contribution is 2.46. The number of rotatable bonds is 6. The lowest BCUT2D eigenvalue weighted by molar-refractivity contribution is 0.0531. The number of carbonyl (C=O) groups is 1. The molecule has 0 atom stereocenters. The van der Waals surface area contributed by atoms with Crippen LogP contribution < -0.4 is 0 Å². The first-order valence-electron chi connectivity index (χ1n) is 9.32. The van der Waals surface area contributed by atoms with Crippen molar-refractivity contribution < 1.29 is 13.9 Å². The van der Waals surface area contributed by atoms with Crippen LogP contribution in [0.5, 0.6) is 0 Å². The molecular formula is C21H18ClFN2O2S3. The predicted molar refractivity (Wildman–Crippen MR) is 121 cm³/mol. The van der Waals surface area contributed by atoms with Gasteiger partial charge in [0.15, 0.2) is 5.16 Å². The van der Waals surface area contributed by atoms with Crippen molar-refractivity contribution in [3.63, 3.8) is 0 Å². The van der Waals surface area contributed by atoms with Gasteiger partial charge in [0.05, 0.1) is 16.5 Å². The molecule has 0 unspecified atom stereocenters. The summed E-state index contributed by atoms with van der Waals surface area (Å²) in [6.07, 6.45) is 5.35. The van der Waals surface area contributed by atoms with Gasteiger partial charge in [-0.25, -0.2) is 19.2 Å². The number of nitrogens with zero attached hydrogens (tertiary/aromatic N) is 2. The van der Waals surface area contributed by atoms with Crippen molar-refractivity contribution in [3.8, 4) is 11.3 Å². The molecule has 9 heteroatoms. The van der Waals surface area contributed by atoms with Crippen LogP contribution in [0.4, 0.5) is 4.39 Å². The molecule has 2 heterocycles. The van der Waals surface area contributed by atoms with Crippen LogP contribution in [0.1, 0.15) is 33.3 Å². The zero-order valence-electron chi connectivity index (χ0n) is 16.3. The number of ether oxygens (including phenoxy) is 1. The van der Waals surface area contributed by atoms with Gasteiger partial charge in [0.1, 0.15) is 10.7 Å². The number of halogens is 2. The summed E-state index contributed by atoms with van der Waals surface area (Å²) in [5.74, 6) is -0.276. The van der Waals surface area contributed by atoms with E-state index in [9.17, 15) is 9.18 Å². The first-order chi connectivity index (χ1) is 14.5. The van der Waals surface area contributed by atoms with Crippen molar-refractivity contribution in [3.05, 3.63) is 56.8 Å². The van der Waals surface area contributed by atoms with Gasteiger partial charge in [-0.15, -0.1) is 23.1 Å². The highest BCUT2D eigenvalue weighted by atomic mass is 35.5. The second-order valence-corrected chi connectivity index (χ2v) is 9.96. The zero-order chi connectivity index (χ0) is 21.3. The second-order valence-electron chi connectivity index (χ2n) is 6.51. The van der Waals surface area contributed by atoms with Gasteiger partial charge in [0.2, 0.25) is 0 Å². The summed E-state index contributed by atoms with van der Waals surface area (Å²) in [5.41, 5.74) is 4.35. The molecule has 0 radical (unpaired) electrons. The molecule has 4 nitrogen and oxygen atoms in total. The third-order valence-electron chi connectivity index (χ3n) is 4.75. The molecule has 2 aromatic heterocycles. The van der Waals surface area contributed by atoms with Crippen molar-refractivity contribution in [2.24, 2.45) is 0 Å². The van der Waals surface area contributed by atoms with Crippen LogP contribution in [0, 0.1) is 5.82 Å². The summed E-state index contributed by atoms with van der Waals surface area (Å²) in [6, 6.07) is 4.66. The first-order valence-corrected chi connectivity index (χ1v) is 12.7. The van der Waals surface area contributed by atoms with Crippen molar-refractivity contribution in [2.75, 3.05) is 12.9 Å². The highest BCUT2D eigenvalue weighted by Gasteiger charge is 2.30. The average molecular weight is 481 g/mol. The summed E-state index contributed by atoms with van der Waals surface area (Å²) < 4.78 is 20.4. The Hall–Kier alpha value is -1.61. The van der Waals surface area contributed by atoms with Crippen LogP contribution in [0.2, 0.25) is 5.02 Å². The van der Waals surface area contributed by atoms with Gasteiger partial charge in [0, 0.05) is 28.1 Å². The van der Waals surface area contributed by atoms with Crippen molar-refractivity contribution >= 4 is 52.4 Å². The lowest BCUT2D eigenvalue weighted by Gasteiger charge is -2.18. The normalized spacial score (nSPS) is 12.4. The summed E-state index contributed by atoms with van der Waals surface area (Å²) in [5, 5.41) is 0.946. The number of thioether (sulfide) groups is 2. The summed E-state index contributed by atoms with van der Waals surface area (Å²) in [7, 11) is 0. The maximum Gasteiger partial charge on any atom is 0.348 e. The molecule has 0 spiro atoms. The number of fused-ring (bicyclic) bond motifs is 3. The molecule has 1 aromatic carbocycles. The van der Waals surface area contributed by atoms with E-state index >= 15 is 0 Å². The molecule has 0 amide bonds. The number of benzene rings is 1. The van der Waals surface area contributed by atoms with Crippen LogP contribution in [0.15, 0.2) is 33.8 Å². The van der Waals surface area contributed by atoms with E-state index in [0.717, 1.165) is 39.4 Å². The van der Waals surface area contributed by atoms with Crippen molar-refractivity contribution in [2.45, 2.75) is 34.9 Å². The maximum atomic E-state index is 14.1. The van der Waals surface area contributed by atoms with Crippen LogP contribution in [-0.2, 0) is 23.3 Å². The topological polar surface area (TPSA) is 52.1 Å². The molecule has 0 N–H and O–H groups in total. The lowest BCUT2D eigenvalue weighted by Crippen LogP contribution is -2.11. The molecular weight excluding hydrogens is 463 g/mol. The van der Waals surface area contributed by atoms with E-state index in [-0.39, 0.29) is 11.8 Å². The number of aryl methyl sites for hydroxylation is 1. The Balaban J connectivity index is 1.68. The Morgan fingerprint density at radius 1 is 1.37 bits per heavy atom. The summed E-state index contributed by atoms with van der Waals surface area (Å²) in [6.45, 7) is 2.15. The molecule has 4 rings (SSSR count). The molecule has 0 saturated carbocycles. The smallest absolute Gasteiger partial charge is 0.348 e. The Kier molecular flexibility index (Phi) is 6.67. The van der Waals surface area contributed by atoms with E-state index in [1.165, 1.54) is 29.2 Å². The Morgan fingerprint density at radius 2 is 2.20 bits per heavy atom. The van der Waals surface area contributed by atoms with Gasteiger partial charge < -0.3 is 4.74 Å². The Labute approximate surface area is 191 Å². The molecule has 0 saturated heterocycles. The largest absolute Gasteiger partial charge is 0.462 e. The van der Waals surface area contributed by atoms with Crippen LogP contribution >= 0.6 is 46.5 Å². The molecule has 3 aromatic rings. The number of esters is 1. The Morgan fingerprint density at radius 3 is 2.93 bits per heavy atom. The van der Waals surface area contributed by atoms with E-state index in [4.69, 9.17) is 21.3 Å². The van der Waals surface area contributed by atoms with E-state index in [1.807, 2.05) is 12.5 Å². The van der Waals surface area contributed by atoms with E-state index in [1.54, 1.807) is 30.8 Å². The minimum atomic E-state index is -0.336.